The number of fused-ring (bicyclic) bond motifs is 6. The lowest BCUT2D eigenvalue weighted by Crippen LogP contribution is -2.49. The zero-order valence-corrected chi connectivity index (χ0v) is 23.5. The van der Waals surface area contributed by atoms with Crippen LogP contribution in [0.4, 0.5) is 0 Å². The van der Waals surface area contributed by atoms with E-state index in [-0.39, 0.29) is 5.60 Å². The van der Waals surface area contributed by atoms with Crippen molar-refractivity contribution in [2.75, 3.05) is 20.6 Å². The number of piperidine rings is 1. The van der Waals surface area contributed by atoms with Crippen molar-refractivity contribution in [2.45, 2.75) is 129 Å². The van der Waals surface area contributed by atoms with E-state index in [4.69, 9.17) is 4.74 Å². The summed E-state index contributed by atoms with van der Waals surface area (Å²) in [6.45, 7) is 12.8. The minimum Gasteiger partial charge on any atom is -0.370 e. The van der Waals surface area contributed by atoms with Crippen molar-refractivity contribution in [1.82, 2.24) is 10.2 Å². The molecule has 2 heterocycles. The third kappa shape index (κ3) is 4.14. The summed E-state index contributed by atoms with van der Waals surface area (Å²) in [5.41, 5.74) is 4.35. The van der Waals surface area contributed by atoms with Crippen LogP contribution in [0, 0.1) is 35.0 Å². The van der Waals surface area contributed by atoms with Gasteiger partial charge in [0.05, 0.1) is 11.7 Å². The highest BCUT2D eigenvalue weighted by molar-refractivity contribution is 5.28. The van der Waals surface area contributed by atoms with E-state index in [1.807, 2.05) is 19.4 Å². The van der Waals surface area contributed by atoms with Gasteiger partial charge in [0, 0.05) is 12.1 Å². The molecule has 194 valence electrons. The molecule has 4 aliphatic carbocycles. The maximum Gasteiger partial charge on any atom is 0.0740 e. The first kappa shape index (κ1) is 25.3. The number of nitrogens with one attached hydrogen (secondary N) is 1. The van der Waals surface area contributed by atoms with Crippen LogP contribution in [0.1, 0.15) is 105 Å². The van der Waals surface area contributed by atoms with Crippen LogP contribution in [-0.4, -0.2) is 49.3 Å². The maximum atomic E-state index is 6.95. The Kier molecular flexibility index (Phi) is 7.06. The molecule has 3 saturated carbocycles. The number of ether oxygens (including phenoxy) is 1. The topological polar surface area (TPSA) is 24.5 Å². The lowest BCUT2D eigenvalue weighted by atomic mass is 9.52. The zero-order valence-electron chi connectivity index (χ0n) is 23.5. The fraction of sp³-hybridized carbons (Fsp3) is 0.935. The molecule has 0 bridgehead atoms. The van der Waals surface area contributed by atoms with Crippen molar-refractivity contribution in [3.63, 3.8) is 0 Å². The summed E-state index contributed by atoms with van der Waals surface area (Å²) in [5.74, 6) is 4.47. The summed E-state index contributed by atoms with van der Waals surface area (Å²) in [6.07, 6.45) is 15.6. The Morgan fingerprint density at radius 1 is 1.03 bits per heavy atom. The molecule has 2 aliphatic heterocycles. The minimum atomic E-state index is 0.133. The van der Waals surface area contributed by atoms with E-state index in [1.165, 1.54) is 77.2 Å². The molecule has 0 aromatic rings. The monoisotopic (exact) mass is 470 g/mol. The largest absolute Gasteiger partial charge is 0.370 e. The summed E-state index contributed by atoms with van der Waals surface area (Å²) in [6, 6.07) is 1.42. The Balaban J connectivity index is 0.00000117. The molecule has 0 aromatic carbocycles. The van der Waals surface area contributed by atoms with E-state index in [0.717, 1.165) is 35.6 Å². The van der Waals surface area contributed by atoms with Gasteiger partial charge in [-0.1, -0.05) is 38.8 Å². The van der Waals surface area contributed by atoms with Crippen LogP contribution in [0.2, 0.25) is 0 Å². The second-order valence-corrected chi connectivity index (χ2v) is 13.7. The summed E-state index contributed by atoms with van der Waals surface area (Å²) >= 11 is 0. The van der Waals surface area contributed by atoms with Gasteiger partial charge in [0.1, 0.15) is 0 Å². The Hall–Kier alpha value is -0.380. The normalized spacial score (nSPS) is 50.1. The van der Waals surface area contributed by atoms with Gasteiger partial charge in [-0.25, -0.2) is 0 Å². The van der Waals surface area contributed by atoms with Crippen LogP contribution in [0.3, 0.4) is 0 Å². The second kappa shape index (κ2) is 9.49. The molecule has 3 nitrogen and oxygen atoms in total. The molecule has 6 aliphatic rings. The third-order valence-corrected chi connectivity index (χ3v) is 11.7. The van der Waals surface area contributed by atoms with Crippen LogP contribution in [0.25, 0.3) is 0 Å². The van der Waals surface area contributed by atoms with Gasteiger partial charge >= 0.3 is 0 Å². The molecule has 0 radical (unpaired) electrons. The molecule has 3 heteroatoms. The summed E-state index contributed by atoms with van der Waals surface area (Å²) in [4.78, 5) is 2.51. The minimum absolute atomic E-state index is 0.133. The Morgan fingerprint density at radius 3 is 2.59 bits per heavy atom. The predicted molar refractivity (Wildman–Crippen MR) is 143 cm³/mol. The average Bonchev–Trinajstić information content (AvgIpc) is 3.33. The first-order valence-electron chi connectivity index (χ1n) is 15.0. The number of nitrogens with zero attached hydrogens (tertiary/aromatic N) is 1. The van der Waals surface area contributed by atoms with E-state index >= 15 is 0 Å². The first-order chi connectivity index (χ1) is 16.3. The van der Waals surface area contributed by atoms with Crippen LogP contribution in [-0.2, 0) is 4.74 Å². The van der Waals surface area contributed by atoms with Gasteiger partial charge in [-0.3, -0.25) is 0 Å². The fourth-order valence-corrected chi connectivity index (χ4v) is 9.89. The quantitative estimate of drug-likeness (QED) is 0.425. The smallest absolute Gasteiger partial charge is 0.0740 e. The van der Waals surface area contributed by atoms with Crippen molar-refractivity contribution in [2.24, 2.45) is 35.0 Å². The van der Waals surface area contributed by atoms with Crippen LogP contribution in [0.15, 0.2) is 11.1 Å². The predicted octanol–water partition coefficient (Wildman–Crippen LogP) is 6.82. The molecule has 10 atom stereocenters. The van der Waals surface area contributed by atoms with Gasteiger partial charge in [-0.05, 0) is 133 Å². The molecule has 2 saturated heterocycles. The molecule has 1 spiro atoms. The lowest BCUT2D eigenvalue weighted by molar-refractivity contribution is -0.0670. The zero-order chi connectivity index (χ0) is 24.3. The molecule has 0 amide bonds. The first-order valence-corrected chi connectivity index (χ1v) is 15.0. The highest BCUT2D eigenvalue weighted by Crippen LogP contribution is 2.65. The lowest BCUT2D eigenvalue weighted by Gasteiger charge is -2.55. The third-order valence-electron chi connectivity index (χ3n) is 11.7. The summed E-state index contributed by atoms with van der Waals surface area (Å²) in [5, 5.41) is 3.84. The van der Waals surface area contributed by atoms with E-state index < -0.39 is 0 Å². The van der Waals surface area contributed by atoms with E-state index in [9.17, 15) is 0 Å². The highest BCUT2D eigenvalue weighted by Gasteiger charge is 2.57. The number of rotatable bonds is 1. The van der Waals surface area contributed by atoms with Crippen molar-refractivity contribution in [3.05, 3.63) is 11.1 Å². The van der Waals surface area contributed by atoms with Gasteiger partial charge in [0.25, 0.3) is 0 Å². The van der Waals surface area contributed by atoms with Crippen molar-refractivity contribution < 1.29 is 4.74 Å². The van der Waals surface area contributed by atoms with Gasteiger partial charge in [-0.2, -0.15) is 0 Å². The van der Waals surface area contributed by atoms with Gasteiger partial charge in [0.2, 0.25) is 0 Å². The van der Waals surface area contributed by atoms with E-state index in [2.05, 4.69) is 45.1 Å². The van der Waals surface area contributed by atoms with Crippen LogP contribution < -0.4 is 5.32 Å². The van der Waals surface area contributed by atoms with Crippen LogP contribution in [0.5, 0.6) is 0 Å². The van der Waals surface area contributed by atoms with Crippen molar-refractivity contribution in [3.8, 4) is 0 Å². The molecule has 34 heavy (non-hydrogen) atoms. The van der Waals surface area contributed by atoms with Crippen LogP contribution >= 0.6 is 0 Å². The summed E-state index contributed by atoms with van der Waals surface area (Å²) in [7, 11) is 4.60. The number of hydrogen-bond acceptors (Lipinski definition) is 3. The molecule has 9 unspecified atom stereocenters. The maximum absolute atomic E-state index is 6.95. The average molecular weight is 471 g/mol. The number of allylic oxidation sites excluding steroid dienone is 1. The van der Waals surface area contributed by atoms with Gasteiger partial charge in [0.15, 0.2) is 0 Å². The van der Waals surface area contributed by atoms with Gasteiger partial charge in [-0.15, -0.1) is 0 Å². The fourth-order valence-electron chi connectivity index (χ4n) is 9.89. The van der Waals surface area contributed by atoms with Crippen molar-refractivity contribution >= 4 is 0 Å². The molecular formula is C31H54N2O. The number of hydrogen-bond donors (Lipinski definition) is 1. The molecule has 1 N–H and O–H groups in total. The molecule has 5 fully saturated rings. The standard InChI is InChI=1S/C29H48N2O.C2H6/c1-18-12-27-26(30-17-18)16-29(32-27)11-9-22-23-7-6-20-13-21(31(4)5)8-10-28(20,3)25(23)14-24(22)19(2)15-29;1-2/h18,20-23,25-27,30H,6-17H2,1-5H3;1-2H3/t18?,20?,21-,22?,23?,25?,26?,27?,28?,29?;/m1./s1. The second-order valence-electron chi connectivity index (χ2n) is 13.7. The Bertz CT molecular complexity index is 775. The van der Waals surface area contributed by atoms with Crippen molar-refractivity contribution in [1.29, 1.82) is 0 Å². The van der Waals surface area contributed by atoms with E-state index in [1.54, 1.807) is 5.57 Å². The molecular weight excluding hydrogens is 416 g/mol. The summed E-state index contributed by atoms with van der Waals surface area (Å²) < 4.78 is 6.95. The molecule has 6 rings (SSSR count). The van der Waals surface area contributed by atoms with E-state index in [0.29, 0.717) is 17.6 Å². The SMILES string of the molecule is CC.CC1=C2CC3C(CCC4C[C@H](N(C)C)CCC43C)C2CCC2(C1)CC1NCC(C)CC1O2. The van der Waals surface area contributed by atoms with Gasteiger partial charge < -0.3 is 15.0 Å². The highest BCUT2D eigenvalue weighted by atomic mass is 16.5. The Morgan fingerprint density at radius 2 is 1.82 bits per heavy atom. The molecule has 0 aromatic heterocycles. The Labute approximate surface area is 210 Å².